The van der Waals surface area contributed by atoms with E-state index in [1.54, 1.807) is 6.20 Å². The number of hydrogen-bond acceptors (Lipinski definition) is 5. The van der Waals surface area contributed by atoms with Crippen molar-refractivity contribution >= 4 is 5.82 Å². The van der Waals surface area contributed by atoms with E-state index in [0.717, 1.165) is 42.0 Å². The molecule has 3 aromatic rings. The molecule has 0 unspecified atom stereocenters. The van der Waals surface area contributed by atoms with Gasteiger partial charge in [0.05, 0.1) is 17.8 Å². The van der Waals surface area contributed by atoms with Gasteiger partial charge < -0.3 is 4.90 Å². The van der Waals surface area contributed by atoms with Crippen LogP contribution in [0.25, 0.3) is 11.1 Å². The molecule has 152 valence electrons. The van der Waals surface area contributed by atoms with Crippen molar-refractivity contribution in [3.63, 3.8) is 0 Å². The van der Waals surface area contributed by atoms with Crippen molar-refractivity contribution in [1.29, 1.82) is 5.26 Å². The maximum atomic E-state index is 9.10. The zero-order chi connectivity index (χ0) is 20.5. The molecular formula is C24H26N6. The Labute approximate surface area is 177 Å². The standard InChI is InChI=1S/C24H26N6/c1-17-9-18(11-25)12-27-24(17)29-8-7-23-20(15-29)10-19(13-26-23)21-14-28-30(16-21)22-5-3-2-4-6-22/h9-10,12-14,16,22H,2-8,15H2,1H3. The van der Waals surface area contributed by atoms with E-state index in [1.807, 2.05) is 25.4 Å². The maximum absolute atomic E-state index is 9.10. The molecule has 0 amide bonds. The Bertz CT molecular complexity index is 1100. The van der Waals surface area contributed by atoms with Crippen LogP contribution in [0.3, 0.4) is 0 Å². The highest BCUT2D eigenvalue weighted by molar-refractivity contribution is 5.63. The average Bonchev–Trinajstić information content (AvgIpc) is 3.29. The fraction of sp³-hybridized carbons (Fsp3) is 0.417. The molecule has 0 N–H and O–H groups in total. The van der Waals surface area contributed by atoms with Crippen molar-refractivity contribution < 1.29 is 0 Å². The van der Waals surface area contributed by atoms with E-state index >= 15 is 0 Å². The quantitative estimate of drug-likeness (QED) is 0.645. The van der Waals surface area contributed by atoms with Crippen molar-refractivity contribution in [2.24, 2.45) is 0 Å². The smallest absolute Gasteiger partial charge is 0.131 e. The number of hydrogen-bond donors (Lipinski definition) is 0. The van der Waals surface area contributed by atoms with Gasteiger partial charge in [-0.1, -0.05) is 19.3 Å². The molecule has 6 nitrogen and oxygen atoms in total. The van der Waals surface area contributed by atoms with Gasteiger partial charge in [0.15, 0.2) is 0 Å². The van der Waals surface area contributed by atoms with E-state index in [4.69, 9.17) is 10.2 Å². The van der Waals surface area contributed by atoms with Crippen molar-refractivity contribution in [2.45, 2.75) is 58.0 Å². The highest BCUT2D eigenvalue weighted by Crippen LogP contribution is 2.31. The highest BCUT2D eigenvalue weighted by atomic mass is 15.3. The second-order valence-corrected chi connectivity index (χ2v) is 8.48. The predicted molar refractivity (Wildman–Crippen MR) is 116 cm³/mol. The Balaban J connectivity index is 1.39. The van der Waals surface area contributed by atoms with Crippen LogP contribution in [0.15, 0.2) is 36.9 Å². The Morgan fingerprint density at radius 2 is 1.90 bits per heavy atom. The normalized spacial score (nSPS) is 16.9. The zero-order valence-electron chi connectivity index (χ0n) is 17.4. The minimum absolute atomic E-state index is 0.541. The van der Waals surface area contributed by atoms with Crippen LogP contribution in [0, 0.1) is 18.3 Å². The van der Waals surface area contributed by atoms with E-state index < -0.39 is 0 Å². The van der Waals surface area contributed by atoms with Crippen LogP contribution >= 0.6 is 0 Å². The molecule has 0 aromatic carbocycles. The van der Waals surface area contributed by atoms with Gasteiger partial charge in [0, 0.05) is 54.9 Å². The van der Waals surface area contributed by atoms with E-state index in [-0.39, 0.29) is 0 Å². The number of anilines is 1. The van der Waals surface area contributed by atoms with Gasteiger partial charge in [-0.15, -0.1) is 0 Å². The Morgan fingerprint density at radius 3 is 2.70 bits per heavy atom. The molecular weight excluding hydrogens is 372 g/mol. The first-order chi connectivity index (χ1) is 14.7. The number of fused-ring (bicyclic) bond motifs is 1. The third-order valence-electron chi connectivity index (χ3n) is 6.40. The van der Waals surface area contributed by atoms with Crippen molar-refractivity contribution in [3.8, 4) is 17.2 Å². The molecule has 1 saturated carbocycles. The molecule has 5 rings (SSSR count). The summed E-state index contributed by atoms with van der Waals surface area (Å²) in [6.45, 7) is 3.69. The van der Waals surface area contributed by atoms with E-state index in [0.29, 0.717) is 11.6 Å². The van der Waals surface area contributed by atoms with Gasteiger partial charge >= 0.3 is 0 Å². The molecule has 30 heavy (non-hydrogen) atoms. The summed E-state index contributed by atoms with van der Waals surface area (Å²) in [5, 5.41) is 13.8. The average molecular weight is 399 g/mol. The van der Waals surface area contributed by atoms with Gasteiger partial charge in [0.2, 0.25) is 0 Å². The molecule has 0 spiro atoms. The van der Waals surface area contributed by atoms with E-state index in [9.17, 15) is 0 Å². The van der Waals surface area contributed by atoms with Gasteiger partial charge in [0.25, 0.3) is 0 Å². The third-order valence-corrected chi connectivity index (χ3v) is 6.40. The number of nitriles is 1. The monoisotopic (exact) mass is 398 g/mol. The zero-order valence-corrected chi connectivity index (χ0v) is 17.4. The number of aromatic nitrogens is 4. The topological polar surface area (TPSA) is 70.6 Å². The van der Waals surface area contributed by atoms with Crippen LogP contribution < -0.4 is 4.90 Å². The van der Waals surface area contributed by atoms with E-state index in [1.165, 1.54) is 43.4 Å². The van der Waals surface area contributed by atoms with Crippen LogP contribution in [-0.2, 0) is 13.0 Å². The first-order valence-electron chi connectivity index (χ1n) is 10.9. The second-order valence-electron chi connectivity index (χ2n) is 8.48. The lowest BCUT2D eigenvalue weighted by Crippen LogP contribution is -2.32. The molecule has 6 heteroatoms. The number of nitrogens with zero attached hydrogens (tertiary/aromatic N) is 6. The lowest BCUT2D eigenvalue weighted by molar-refractivity contribution is 0.329. The summed E-state index contributed by atoms with van der Waals surface area (Å²) in [5.74, 6) is 0.954. The largest absolute Gasteiger partial charge is 0.352 e. The summed E-state index contributed by atoms with van der Waals surface area (Å²) in [4.78, 5) is 11.6. The molecule has 1 aliphatic heterocycles. The Kier molecular flexibility index (Phi) is 4.96. The van der Waals surface area contributed by atoms with Gasteiger partial charge in [-0.05, 0) is 43.0 Å². The van der Waals surface area contributed by atoms with Gasteiger partial charge in [-0.2, -0.15) is 10.4 Å². The lowest BCUT2D eigenvalue weighted by Gasteiger charge is -2.30. The molecule has 0 radical (unpaired) electrons. The first-order valence-corrected chi connectivity index (χ1v) is 10.9. The summed E-state index contributed by atoms with van der Waals surface area (Å²) >= 11 is 0. The fourth-order valence-corrected chi connectivity index (χ4v) is 4.76. The van der Waals surface area contributed by atoms with Gasteiger partial charge in [-0.3, -0.25) is 9.67 Å². The third kappa shape index (κ3) is 3.56. The lowest BCUT2D eigenvalue weighted by atomic mass is 9.96. The predicted octanol–water partition coefficient (Wildman–Crippen LogP) is 4.59. The summed E-state index contributed by atoms with van der Waals surface area (Å²) in [6.07, 6.45) is 15.1. The summed E-state index contributed by atoms with van der Waals surface area (Å²) in [7, 11) is 0. The summed E-state index contributed by atoms with van der Waals surface area (Å²) < 4.78 is 2.16. The van der Waals surface area contributed by atoms with Crippen molar-refractivity contribution in [1.82, 2.24) is 19.7 Å². The van der Waals surface area contributed by atoms with Crippen LogP contribution in [0.5, 0.6) is 0 Å². The van der Waals surface area contributed by atoms with Crippen molar-refractivity contribution in [2.75, 3.05) is 11.4 Å². The minimum Gasteiger partial charge on any atom is -0.352 e. The Hall–Kier alpha value is -3.20. The summed E-state index contributed by atoms with van der Waals surface area (Å²) in [6, 6.07) is 6.88. The van der Waals surface area contributed by atoms with Crippen LogP contribution in [0.4, 0.5) is 5.82 Å². The summed E-state index contributed by atoms with van der Waals surface area (Å²) in [5.41, 5.74) is 6.32. The Morgan fingerprint density at radius 1 is 1.03 bits per heavy atom. The molecule has 4 heterocycles. The molecule has 3 aromatic heterocycles. The number of aryl methyl sites for hydroxylation is 1. The van der Waals surface area contributed by atoms with Crippen LogP contribution in [0.1, 0.15) is 60.5 Å². The number of pyridine rings is 2. The fourth-order valence-electron chi connectivity index (χ4n) is 4.76. The first kappa shape index (κ1) is 18.8. The second kappa shape index (κ2) is 7.91. The van der Waals surface area contributed by atoms with Crippen molar-refractivity contribution in [3.05, 3.63) is 59.3 Å². The van der Waals surface area contributed by atoms with E-state index in [2.05, 4.69) is 38.0 Å². The number of rotatable bonds is 3. The highest BCUT2D eigenvalue weighted by Gasteiger charge is 2.21. The SMILES string of the molecule is Cc1cc(C#N)cnc1N1CCc2ncc(-c3cnn(C4CCCCC4)c3)cc2C1. The van der Waals surface area contributed by atoms with Crippen LogP contribution in [-0.4, -0.2) is 26.3 Å². The van der Waals surface area contributed by atoms with Crippen LogP contribution in [0.2, 0.25) is 0 Å². The molecule has 1 fully saturated rings. The molecule has 1 aliphatic carbocycles. The molecule has 0 atom stereocenters. The maximum Gasteiger partial charge on any atom is 0.131 e. The molecule has 0 saturated heterocycles. The minimum atomic E-state index is 0.541. The molecule has 2 aliphatic rings. The molecule has 0 bridgehead atoms. The van der Waals surface area contributed by atoms with Gasteiger partial charge in [-0.25, -0.2) is 4.98 Å². The van der Waals surface area contributed by atoms with Gasteiger partial charge in [0.1, 0.15) is 11.9 Å².